The minimum Gasteiger partial charge on any atom is -0.462 e. The molecule has 0 spiro atoms. The van der Waals surface area contributed by atoms with Gasteiger partial charge in [-0.05, 0) is 35.7 Å². The molecule has 21 heavy (non-hydrogen) atoms. The van der Waals surface area contributed by atoms with Crippen molar-refractivity contribution < 1.29 is 9.53 Å². The van der Waals surface area contributed by atoms with E-state index in [1.807, 2.05) is 0 Å². The predicted molar refractivity (Wildman–Crippen MR) is 82.5 cm³/mol. The van der Waals surface area contributed by atoms with E-state index < -0.39 is 0 Å². The van der Waals surface area contributed by atoms with Crippen LogP contribution in [0.2, 0.25) is 0 Å². The standard InChI is InChI=1S/C15H18BrN3O2/c1-2-21-15(20)11-8-18-19-13(10-6-4-3-5-7-10)12(16)9-17-14(11)19/h8-10H,2-7H2,1H3. The van der Waals surface area contributed by atoms with E-state index in [0.717, 1.165) is 23.0 Å². The minimum absolute atomic E-state index is 0.349. The summed E-state index contributed by atoms with van der Waals surface area (Å²) < 4.78 is 7.82. The van der Waals surface area contributed by atoms with Gasteiger partial charge in [-0.25, -0.2) is 14.3 Å². The Kier molecular flexibility index (Phi) is 4.24. The maximum Gasteiger partial charge on any atom is 0.343 e. The van der Waals surface area contributed by atoms with Crippen molar-refractivity contribution in [2.24, 2.45) is 0 Å². The SMILES string of the molecule is CCOC(=O)c1cnn2c(C3CCCCC3)c(Br)cnc12. The number of carbonyl (C=O) groups excluding carboxylic acids is 1. The fourth-order valence-corrected chi connectivity index (χ4v) is 3.62. The van der Waals surface area contributed by atoms with Gasteiger partial charge in [0.1, 0.15) is 5.56 Å². The Morgan fingerprint density at radius 1 is 1.38 bits per heavy atom. The first-order chi connectivity index (χ1) is 10.2. The van der Waals surface area contributed by atoms with E-state index in [1.54, 1.807) is 23.8 Å². The average Bonchev–Trinajstić information content (AvgIpc) is 2.92. The highest BCUT2D eigenvalue weighted by Crippen LogP contribution is 2.36. The molecule has 1 saturated carbocycles. The summed E-state index contributed by atoms with van der Waals surface area (Å²) in [5.74, 6) is 0.102. The lowest BCUT2D eigenvalue weighted by atomic mass is 9.87. The largest absolute Gasteiger partial charge is 0.462 e. The summed E-state index contributed by atoms with van der Waals surface area (Å²) in [5.41, 5.74) is 2.13. The van der Waals surface area contributed by atoms with Gasteiger partial charge in [0, 0.05) is 12.1 Å². The van der Waals surface area contributed by atoms with Gasteiger partial charge < -0.3 is 4.74 Å². The molecule has 0 N–H and O–H groups in total. The van der Waals surface area contributed by atoms with Gasteiger partial charge in [0.05, 0.1) is 23.0 Å². The number of nitrogens with zero attached hydrogens (tertiary/aromatic N) is 3. The first-order valence-electron chi connectivity index (χ1n) is 7.41. The molecule has 2 aromatic rings. The van der Waals surface area contributed by atoms with Gasteiger partial charge in [0.15, 0.2) is 5.65 Å². The van der Waals surface area contributed by atoms with Crippen molar-refractivity contribution in [1.82, 2.24) is 14.6 Å². The number of hydrogen-bond acceptors (Lipinski definition) is 4. The van der Waals surface area contributed by atoms with Crippen LogP contribution in [0.3, 0.4) is 0 Å². The zero-order valence-electron chi connectivity index (χ0n) is 12.0. The van der Waals surface area contributed by atoms with Crippen LogP contribution in [0.1, 0.15) is 61.0 Å². The topological polar surface area (TPSA) is 56.5 Å². The summed E-state index contributed by atoms with van der Waals surface area (Å²) in [4.78, 5) is 16.3. The van der Waals surface area contributed by atoms with Crippen LogP contribution in [-0.2, 0) is 4.74 Å². The second kappa shape index (κ2) is 6.13. The van der Waals surface area contributed by atoms with Crippen LogP contribution in [0.15, 0.2) is 16.9 Å². The van der Waals surface area contributed by atoms with E-state index in [0.29, 0.717) is 23.7 Å². The molecule has 6 heteroatoms. The maximum atomic E-state index is 12.0. The number of esters is 1. The maximum absolute atomic E-state index is 12.0. The molecule has 1 aliphatic rings. The Bertz CT molecular complexity index is 662. The lowest BCUT2D eigenvalue weighted by Crippen LogP contribution is -2.12. The predicted octanol–water partition coefficient (Wildman–Crippen LogP) is 3.72. The Hall–Kier alpha value is -1.43. The van der Waals surface area contributed by atoms with Gasteiger partial charge in [-0.2, -0.15) is 5.10 Å². The summed E-state index contributed by atoms with van der Waals surface area (Å²) in [6.07, 6.45) is 9.43. The van der Waals surface area contributed by atoms with Crippen molar-refractivity contribution in [3.63, 3.8) is 0 Å². The van der Waals surface area contributed by atoms with Crippen molar-refractivity contribution >= 4 is 27.5 Å². The molecule has 0 atom stereocenters. The summed E-state index contributed by atoms with van der Waals surface area (Å²) in [6.45, 7) is 2.14. The fraction of sp³-hybridized carbons (Fsp3) is 0.533. The Morgan fingerprint density at radius 2 is 2.14 bits per heavy atom. The van der Waals surface area contributed by atoms with Crippen LogP contribution < -0.4 is 0 Å². The molecule has 0 saturated heterocycles. The van der Waals surface area contributed by atoms with Gasteiger partial charge in [0.2, 0.25) is 0 Å². The Balaban J connectivity index is 2.07. The number of hydrogen-bond donors (Lipinski definition) is 0. The number of ether oxygens (including phenoxy) is 1. The van der Waals surface area contributed by atoms with Gasteiger partial charge in [-0.15, -0.1) is 0 Å². The van der Waals surface area contributed by atoms with E-state index in [1.165, 1.54) is 19.3 Å². The lowest BCUT2D eigenvalue weighted by Gasteiger charge is -2.23. The molecule has 0 aliphatic heterocycles. The van der Waals surface area contributed by atoms with Crippen molar-refractivity contribution in [1.29, 1.82) is 0 Å². The molecular formula is C15H18BrN3O2. The Morgan fingerprint density at radius 3 is 2.86 bits per heavy atom. The highest BCUT2D eigenvalue weighted by molar-refractivity contribution is 9.10. The summed E-state index contributed by atoms with van der Waals surface area (Å²) >= 11 is 3.59. The van der Waals surface area contributed by atoms with Gasteiger partial charge in [-0.3, -0.25) is 0 Å². The monoisotopic (exact) mass is 351 g/mol. The third kappa shape index (κ3) is 2.69. The molecule has 0 aromatic carbocycles. The average molecular weight is 352 g/mol. The summed E-state index contributed by atoms with van der Waals surface area (Å²) in [6, 6.07) is 0. The first kappa shape index (κ1) is 14.5. The number of carbonyl (C=O) groups is 1. The van der Waals surface area contributed by atoms with Crippen LogP contribution >= 0.6 is 15.9 Å². The quantitative estimate of drug-likeness (QED) is 0.790. The number of rotatable bonds is 3. The molecule has 0 bridgehead atoms. The molecule has 2 heterocycles. The van der Waals surface area contributed by atoms with Gasteiger partial charge in [0.25, 0.3) is 0 Å². The second-order valence-electron chi connectivity index (χ2n) is 5.34. The Labute approximate surface area is 131 Å². The first-order valence-corrected chi connectivity index (χ1v) is 8.21. The van der Waals surface area contributed by atoms with Crippen LogP contribution in [0, 0.1) is 0 Å². The second-order valence-corrected chi connectivity index (χ2v) is 6.19. The van der Waals surface area contributed by atoms with Crippen LogP contribution in [0.4, 0.5) is 0 Å². The van der Waals surface area contributed by atoms with Crippen LogP contribution in [-0.4, -0.2) is 27.2 Å². The molecule has 1 aliphatic carbocycles. The van der Waals surface area contributed by atoms with Crippen LogP contribution in [0.5, 0.6) is 0 Å². The zero-order chi connectivity index (χ0) is 14.8. The van der Waals surface area contributed by atoms with Crippen molar-refractivity contribution in [3.05, 3.63) is 28.1 Å². The highest BCUT2D eigenvalue weighted by Gasteiger charge is 2.24. The van der Waals surface area contributed by atoms with E-state index >= 15 is 0 Å². The molecule has 1 fully saturated rings. The molecule has 112 valence electrons. The zero-order valence-corrected chi connectivity index (χ0v) is 13.6. The molecule has 3 rings (SSSR count). The number of fused-ring (bicyclic) bond motifs is 1. The number of halogens is 1. The molecule has 0 amide bonds. The molecular weight excluding hydrogens is 334 g/mol. The molecule has 5 nitrogen and oxygen atoms in total. The van der Waals surface area contributed by atoms with Crippen molar-refractivity contribution in [3.8, 4) is 0 Å². The van der Waals surface area contributed by atoms with E-state index in [-0.39, 0.29) is 5.97 Å². The summed E-state index contributed by atoms with van der Waals surface area (Å²) in [5, 5.41) is 4.38. The normalized spacial score (nSPS) is 16.3. The summed E-state index contributed by atoms with van der Waals surface area (Å²) in [7, 11) is 0. The molecule has 2 aromatic heterocycles. The van der Waals surface area contributed by atoms with E-state index in [2.05, 4.69) is 26.0 Å². The van der Waals surface area contributed by atoms with Gasteiger partial charge in [-0.1, -0.05) is 19.3 Å². The number of aromatic nitrogens is 3. The lowest BCUT2D eigenvalue weighted by molar-refractivity contribution is 0.0528. The third-order valence-corrected chi connectivity index (χ3v) is 4.62. The van der Waals surface area contributed by atoms with Crippen LogP contribution in [0.25, 0.3) is 5.65 Å². The third-order valence-electron chi connectivity index (χ3n) is 4.00. The molecule has 0 radical (unpaired) electrons. The van der Waals surface area contributed by atoms with Crippen molar-refractivity contribution in [2.45, 2.75) is 44.9 Å². The highest BCUT2D eigenvalue weighted by atomic mass is 79.9. The van der Waals surface area contributed by atoms with E-state index in [4.69, 9.17) is 4.74 Å². The minimum atomic E-state index is -0.364. The smallest absolute Gasteiger partial charge is 0.343 e. The van der Waals surface area contributed by atoms with Gasteiger partial charge >= 0.3 is 5.97 Å². The fourth-order valence-electron chi connectivity index (χ4n) is 3.02. The van der Waals surface area contributed by atoms with E-state index in [9.17, 15) is 4.79 Å². The van der Waals surface area contributed by atoms with Crippen molar-refractivity contribution in [2.75, 3.05) is 6.61 Å². The molecule has 0 unspecified atom stereocenters.